The van der Waals surface area contributed by atoms with Crippen LogP contribution in [0.25, 0.3) is 0 Å². The number of halogens is 1. The average molecular weight is 311 g/mol. The maximum absolute atomic E-state index is 10.4. The highest BCUT2D eigenvalue weighted by atomic mass is 79.9. The molecule has 17 heavy (non-hydrogen) atoms. The van der Waals surface area contributed by atoms with Gasteiger partial charge in [0, 0.05) is 14.2 Å². The van der Waals surface area contributed by atoms with Crippen molar-refractivity contribution in [2.45, 2.75) is 26.9 Å². The van der Waals surface area contributed by atoms with Crippen molar-refractivity contribution >= 4 is 27.3 Å². The summed E-state index contributed by atoms with van der Waals surface area (Å²) in [4.78, 5) is 2.19. The van der Waals surface area contributed by atoms with Crippen LogP contribution < -0.4 is 0 Å². The van der Waals surface area contributed by atoms with Gasteiger partial charge in [-0.15, -0.1) is 11.3 Å². The quantitative estimate of drug-likeness (QED) is 0.864. The number of aliphatic hydroxyl groups is 1. The third-order valence-electron chi connectivity index (χ3n) is 2.87. The molecule has 2 rings (SSSR count). The Morgan fingerprint density at radius 2 is 1.88 bits per heavy atom. The fourth-order valence-electron chi connectivity index (χ4n) is 1.90. The molecule has 1 aromatic carbocycles. The van der Waals surface area contributed by atoms with E-state index in [-0.39, 0.29) is 0 Å². The van der Waals surface area contributed by atoms with Gasteiger partial charge in [-0.25, -0.2) is 0 Å². The molecule has 0 fully saturated rings. The molecular weight excluding hydrogens is 296 g/mol. The Morgan fingerprint density at radius 3 is 2.41 bits per heavy atom. The minimum Gasteiger partial charge on any atom is -0.383 e. The molecule has 1 heterocycles. The molecule has 0 spiro atoms. The van der Waals surface area contributed by atoms with Gasteiger partial charge in [0.05, 0.1) is 0 Å². The van der Waals surface area contributed by atoms with Crippen LogP contribution in [0.2, 0.25) is 0 Å². The lowest BCUT2D eigenvalue weighted by molar-refractivity contribution is 0.223. The van der Waals surface area contributed by atoms with E-state index < -0.39 is 6.10 Å². The minimum atomic E-state index is -0.523. The lowest BCUT2D eigenvalue weighted by Crippen LogP contribution is -2.00. The Bertz CT molecular complexity index is 526. The van der Waals surface area contributed by atoms with Crippen LogP contribution in [-0.2, 0) is 0 Å². The van der Waals surface area contributed by atoms with E-state index in [2.05, 4.69) is 28.9 Å². The number of hydrogen-bond acceptors (Lipinski definition) is 2. The molecule has 90 valence electrons. The molecule has 0 saturated heterocycles. The normalized spacial score (nSPS) is 12.8. The van der Waals surface area contributed by atoms with Gasteiger partial charge in [0.15, 0.2) is 0 Å². The summed E-state index contributed by atoms with van der Waals surface area (Å²) in [5.74, 6) is 0. The first-order valence-corrected chi connectivity index (χ1v) is 7.11. The smallest absolute Gasteiger partial charge is 0.113 e. The Kier molecular flexibility index (Phi) is 3.71. The predicted octanol–water partition coefficient (Wildman–Crippen LogP) is 4.52. The van der Waals surface area contributed by atoms with Gasteiger partial charge >= 0.3 is 0 Å². The van der Waals surface area contributed by atoms with E-state index >= 15 is 0 Å². The number of aryl methyl sites for hydroxylation is 3. The molecule has 1 aromatic heterocycles. The van der Waals surface area contributed by atoms with Crippen molar-refractivity contribution in [3.8, 4) is 0 Å². The van der Waals surface area contributed by atoms with E-state index in [9.17, 15) is 5.11 Å². The second-order valence-electron chi connectivity index (χ2n) is 4.32. The van der Waals surface area contributed by atoms with Crippen LogP contribution >= 0.6 is 27.3 Å². The van der Waals surface area contributed by atoms with Gasteiger partial charge in [-0.05, 0) is 53.9 Å². The molecule has 1 N–H and O–H groups in total. The predicted molar refractivity (Wildman–Crippen MR) is 76.7 cm³/mol. The highest BCUT2D eigenvalue weighted by Crippen LogP contribution is 2.34. The first-order valence-electron chi connectivity index (χ1n) is 5.50. The third-order valence-corrected chi connectivity index (χ3v) is 5.05. The van der Waals surface area contributed by atoms with Crippen LogP contribution in [-0.4, -0.2) is 5.11 Å². The van der Waals surface area contributed by atoms with E-state index in [4.69, 9.17) is 0 Å². The number of hydrogen-bond donors (Lipinski definition) is 1. The molecule has 1 atom stereocenters. The fourth-order valence-corrected chi connectivity index (χ4v) is 3.47. The number of aliphatic hydroxyl groups excluding tert-OH is 1. The fraction of sp³-hybridized carbons (Fsp3) is 0.286. The van der Waals surface area contributed by atoms with E-state index in [0.717, 1.165) is 20.5 Å². The van der Waals surface area contributed by atoms with Gasteiger partial charge in [0.25, 0.3) is 0 Å². The van der Waals surface area contributed by atoms with E-state index in [1.165, 1.54) is 10.4 Å². The highest BCUT2D eigenvalue weighted by molar-refractivity contribution is 9.10. The van der Waals surface area contributed by atoms with Crippen molar-refractivity contribution in [3.63, 3.8) is 0 Å². The van der Waals surface area contributed by atoms with Gasteiger partial charge in [-0.2, -0.15) is 0 Å². The molecule has 2 aromatic rings. The van der Waals surface area contributed by atoms with Crippen molar-refractivity contribution in [3.05, 3.63) is 55.2 Å². The molecule has 3 heteroatoms. The molecule has 0 amide bonds. The molecule has 1 unspecified atom stereocenters. The third kappa shape index (κ3) is 2.62. The van der Waals surface area contributed by atoms with Crippen molar-refractivity contribution in [1.29, 1.82) is 0 Å². The summed E-state index contributed by atoms with van der Waals surface area (Å²) in [6, 6.07) is 8.16. The number of thiophene rings is 1. The topological polar surface area (TPSA) is 20.2 Å². The maximum atomic E-state index is 10.4. The summed E-state index contributed by atoms with van der Waals surface area (Å²) in [6.45, 7) is 6.16. The monoisotopic (exact) mass is 310 g/mol. The second kappa shape index (κ2) is 4.92. The zero-order valence-electron chi connectivity index (χ0n) is 10.1. The van der Waals surface area contributed by atoms with Crippen LogP contribution in [0.5, 0.6) is 0 Å². The Labute approximate surface area is 114 Å². The Balaban J connectivity index is 2.39. The van der Waals surface area contributed by atoms with Crippen molar-refractivity contribution in [2.24, 2.45) is 0 Å². The average Bonchev–Trinajstić information content (AvgIpc) is 2.58. The SMILES string of the molecule is Cc1ccc(C(O)c2cc(Br)c(C)s2)c(C)c1. The molecule has 0 radical (unpaired) electrons. The summed E-state index contributed by atoms with van der Waals surface area (Å²) in [5.41, 5.74) is 3.35. The van der Waals surface area contributed by atoms with E-state index in [1.54, 1.807) is 11.3 Å². The van der Waals surface area contributed by atoms with Gasteiger partial charge < -0.3 is 5.11 Å². The summed E-state index contributed by atoms with van der Waals surface area (Å²) >= 11 is 5.12. The Morgan fingerprint density at radius 1 is 1.18 bits per heavy atom. The van der Waals surface area contributed by atoms with Crippen LogP contribution in [0.15, 0.2) is 28.7 Å². The van der Waals surface area contributed by atoms with Crippen molar-refractivity contribution < 1.29 is 5.11 Å². The number of rotatable bonds is 2. The molecular formula is C14H15BrOS. The Hall–Kier alpha value is -0.640. The standard InChI is InChI=1S/C14H15BrOS/c1-8-4-5-11(9(2)6-8)14(16)13-7-12(15)10(3)17-13/h4-7,14,16H,1-3H3. The van der Waals surface area contributed by atoms with E-state index in [0.29, 0.717) is 0 Å². The van der Waals surface area contributed by atoms with Crippen molar-refractivity contribution in [2.75, 3.05) is 0 Å². The summed E-state index contributed by atoms with van der Waals surface area (Å²) < 4.78 is 1.07. The van der Waals surface area contributed by atoms with Crippen LogP contribution in [0, 0.1) is 20.8 Å². The van der Waals surface area contributed by atoms with Crippen LogP contribution in [0.1, 0.15) is 32.5 Å². The first-order chi connectivity index (χ1) is 7.99. The first kappa shape index (κ1) is 12.8. The molecule has 0 aliphatic rings. The van der Waals surface area contributed by atoms with Gasteiger partial charge in [-0.1, -0.05) is 23.8 Å². The molecule has 0 aliphatic heterocycles. The summed E-state index contributed by atoms with van der Waals surface area (Å²) in [7, 11) is 0. The molecule has 0 bridgehead atoms. The summed E-state index contributed by atoms with van der Waals surface area (Å²) in [6.07, 6.45) is -0.523. The maximum Gasteiger partial charge on any atom is 0.113 e. The van der Waals surface area contributed by atoms with Gasteiger partial charge in [-0.3, -0.25) is 0 Å². The van der Waals surface area contributed by atoms with E-state index in [1.807, 2.05) is 32.0 Å². The lowest BCUT2D eigenvalue weighted by Gasteiger charge is -2.12. The number of benzene rings is 1. The molecule has 0 saturated carbocycles. The van der Waals surface area contributed by atoms with Gasteiger partial charge in [0.2, 0.25) is 0 Å². The highest BCUT2D eigenvalue weighted by Gasteiger charge is 2.16. The largest absolute Gasteiger partial charge is 0.383 e. The van der Waals surface area contributed by atoms with Crippen molar-refractivity contribution in [1.82, 2.24) is 0 Å². The lowest BCUT2D eigenvalue weighted by atomic mass is 10.0. The molecule has 1 nitrogen and oxygen atoms in total. The second-order valence-corrected chi connectivity index (χ2v) is 6.46. The minimum absolute atomic E-state index is 0.523. The summed E-state index contributed by atoms with van der Waals surface area (Å²) in [5, 5.41) is 10.4. The van der Waals surface area contributed by atoms with Crippen LogP contribution in [0.4, 0.5) is 0 Å². The zero-order valence-corrected chi connectivity index (χ0v) is 12.5. The zero-order chi connectivity index (χ0) is 12.6. The van der Waals surface area contributed by atoms with Gasteiger partial charge in [0.1, 0.15) is 6.10 Å². The van der Waals surface area contributed by atoms with Crippen LogP contribution in [0.3, 0.4) is 0 Å². The molecule has 0 aliphatic carbocycles.